The molecule has 0 aliphatic heterocycles. The van der Waals surface area contributed by atoms with Crippen molar-refractivity contribution in [3.8, 4) is 0 Å². The van der Waals surface area contributed by atoms with Crippen LogP contribution >= 0.6 is 0 Å². The first-order valence-corrected chi connectivity index (χ1v) is 14.4. The number of nitrogens with one attached hydrogen (secondary N) is 2. The molecule has 3 fully saturated rings. The van der Waals surface area contributed by atoms with E-state index in [1.165, 1.54) is 24.3 Å². The predicted molar refractivity (Wildman–Crippen MR) is 134 cm³/mol. The molecule has 4 N–H and O–H groups in total. The van der Waals surface area contributed by atoms with Crippen LogP contribution in [0.4, 0.5) is 18.9 Å². The van der Waals surface area contributed by atoms with Crippen molar-refractivity contribution in [2.45, 2.75) is 72.8 Å². The predicted octanol–water partition coefficient (Wildman–Crippen LogP) is 3.08. The third kappa shape index (κ3) is 5.29. The lowest BCUT2D eigenvalue weighted by atomic mass is 9.72. The summed E-state index contributed by atoms with van der Waals surface area (Å²) < 4.78 is 67.4. The zero-order valence-corrected chi connectivity index (χ0v) is 21.7. The van der Waals surface area contributed by atoms with E-state index in [4.69, 9.17) is 0 Å². The lowest BCUT2D eigenvalue weighted by Crippen LogP contribution is -2.53. The summed E-state index contributed by atoms with van der Waals surface area (Å²) in [5.41, 5.74) is -1.71. The highest BCUT2D eigenvalue weighted by atomic mass is 32.2. The van der Waals surface area contributed by atoms with Crippen molar-refractivity contribution in [2.24, 2.45) is 11.8 Å². The molecule has 0 aromatic heterocycles. The van der Waals surface area contributed by atoms with Crippen molar-refractivity contribution >= 4 is 27.3 Å². The van der Waals surface area contributed by atoms with Crippen LogP contribution in [0, 0.1) is 29.3 Å². The SMILES string of the molecule is O=C(CC1(O)C2CC[C@H]1CC(S(=O)(=O)c1cccc(C(=O)Nc3cc(F)c(F)c(F)c3)c1)C2)NC1CC(O)C1. The third-order valence-corrected chi connectivity index (χ3v) is 10.6. The van der Waals surface area contributed by atoms with Gasteiger partial charge in [-0.25, -0.2) is 21.6 Å². The summed E-state index contributed by atoms with van der Waals surface area (Å²) in [5, 5.41) is 25.1. The Bertz CT molecular complexity index is 1370. The van der Waals surface area contributed by atoms with Crippen LogP contribution in [0.1, 0.15) is 55.3 Å². The maximum Gasteiger partial charge on any atom is 0.255 e. The Labute approximate surface area is 223 Å². The Hall–Kier alpha value is -2.96. The molecule has 12 heteroatoms. The Morgan fingerprint density at radius 1 is 0.974 bits per heavy atom. The average molecular weight is 567 g/mol. The van der Waals surface area contributed by atoms with E-state index in [9.17, 15) is 41.4 Å². The maximum absolute atomic E-state index is 13.6. The van der Waals surface area contributed by atoms with Crippen molar-refractivity contribution < 1.29 is 41.4 Å². The van der Waals surface area contributed by atoms with Gasteiger partial charge in [0.1, 0.15) is 0 Å². The summed E-state index contributed by atoms with van der Waals surface area (Å²) in [6, 6.07) is 6.36. The Balaban J connectivity index is 1.28. The largest absolute Gasteiger partial charge is 0.393 e. The van der Waals surface area contributed by atoms with Gasteiger partial charge in [-0.05, 0) is 68.6 Å². The van der Waals surface area contributed by atoms with Crippen molar-refractivity contribution in [3.63, 3.8) is 0 Å². The van der Waals surface area contributed by atoms with Gasteiger partial charge in [0.2, 0.25) is 5.91 Å². The molecule has 4 atom stereocenters. The second-order valence-electron chi connectivity index (χ2n) is 10.9. The summed E-state index contributed by atoms with van der Waals surface area (Å²) in [6.45, 7) is 0. The molecule has 3 aliphatic rings. The molecular formula is C27H29F3N2O6S. The van der Waals surface area contributed by atoms with E-state index in [2.05, 4.69) is 10.6 Å². The number of amides is 2. The molecule has 5 rings (SSSR count). The number of sulfone groups is 1. The maximum atomic E-state index is 13.6. The highest BCUT2D eigenvalue weighted by molar-refractivity contribution is 7.92. The van der Waals surface area contributed by atoms with E-state index in [0.717, 1.165) is 0 Å². The monoisotopic (exact) mass is 566 g/mol. The summed E-state index contributed by atoms with van der Waals surface area (Å²) in [7, 11) is -3.92. The molecular weight excluding hydrogens is 537 g/mol. The number of benzene rings is 2. The lowest BCUT2D eigenvalue weighted by molar-refractivity contribution is -0.134. The van der Waals surface area contributed by atoms with E-state index in [-0.39, 0.29) is 59.2 Å². The molecule has 3 saturated carbocycles. The van der Waals surface area contributed by atoms with E-state index in [0.29, 0.717) is 37.8 Å². The number of rotatable bonds is 7. The Morgan fingerprint density at radius 2 is 1.59 bits per heavy atom. The van der Waals surface area contributed by atoms with Crippen molar-refractivity contribution in [1.29, 1.82) is 0 Å². The van der Waals surface area contributed by atoms with Gasteiger partial charge in [0.05, 0.1) is 28.3 Å². The van der Waals surface area contributed by atoms with Crippen molar-refractivity contribution in [1.82, 2.24) is 5.32 Å². The topological polar surface area (TPSA) is 133 Å². The quantitative estimate of drug-likeness (QED) is 0.381. The van der Waals surface area contributed by atoms with Crippen LogP contribution in [0.25, 0.3) is 0 Å². The summed E-state index contributed by atoms with van der Waals surface area (Å²) in [4.78, 5) is 25.1. The van der Waals surface area contributed by atoms with Crippen LogP contribution in [0.5, 0.6) is 0 Å². The summed E-state index contributed by atoms with van der Waals surface area (Å²) in [5.74, 6) is -6.55. The van der Waals surface area contributed by atoms with Crippen LogP contribution in [0.3, 0.4) is 0 Å². The standard InChI is InChI=1S/C27H29F3N2O6S/c28-22-11-18(12-23(29)25(22)30)32-26(35)14-2-1-3-20(6-14)39(37,38)21-7-15-4-5-16(8-21)27(15,36)13-24(34)31-17-9-19(33)10-17/h1-3,6,11-12,15-17,19,21,33,36H,4-5,7-10,13H2,(H,31,34)(H,32,35)/t15-,16?,17?,19?,21?,27?/m0/s1. The minimum atomic E-state index is -3.92. The molecule has 3 aliphatic carbocycles. The van der Waals surface area contributed by atoms with E-state index < -0.39 is 50.2 Å². The fourth-order valence-corrected chi connectivity index (χ4v) is 8.15. The van der Waals surface area contributed by atoms with Crippen molar-refractivity contribution in [3.05, 3.63) is 59.4 Å². The van der Waals surface area contributed by atoms with Crippen LogP contribution in [0.15, 0.2) is 41.3 Å². The van der Waals surface area contributed by atoms with Crippen LogP contribution in [-0.4, -0.2) is 53.4 Å². The first kappa shape index (κ1) is 27.6. The highest BCUT2D eigenvalue weighted by Gasteiger charge is 2.56. The Morgan fingerprint density at radius 3 is 2.18 bits per heavy atom. The number of aliphatic hydroxyl groups is 2. The van der Waals surface area contributed by atoms with Gasteiger partial charge >= 0.3 is 0 Å². The molecule has 2 aromatic rings. The van der Waals surface area contributed by atoms with Gasteiger partial charge in [-0.15, -0.1) is 0 Å². The number of carbonyl (C=O) groups is 2. The Kier molecular flexibility index (Phi) is 7.23. The van der Waals surface area contributed by atoms with Gasteiger partial charge < -0.3 is 20.8 Å². The zero-order valence-electron chi connectivity index (χ0n) is 20.9. The molecule has 2 bridgehead atoms. The number of fused-ring (bicyclic) bond motifs is 2. The second kappa shape index (κ2) is 10.2. The zero-order chi connectivity index (χ0) is 28.1. The molecule has 8 nitrogen and oxygen atoms in total. The van der Waals surface area contributed by atoms with E-state index >= 15 is 0 Å². The smallest absolute Gasteiger partial charge is 0.255 e. The molecule has 0 radical (unpaired) electrons. The molecule has 0 spiro atoms. The van der Waals surface area contributed by atoms with Gasteiger partial charge in [0.15, 0.2) is 27.3 Å². The van der Waals surface area contributed by atoms with E-state index in [1.807, 2.05) is 0 Å². The van der Waals surface area contributed by atoms with Gasteiger partial charge in [-0.2, -0.15) is 0 Å². The molecule has 0 heterocycles. The summed E-state index contributed by atoms with van der Waals surface area (Å²) >= 11 is 0. The normalized spacial score (nSPS) is 29.9. The summed E-state index contributed by atoms with van der Waals surface area (Å²) in [6.07, 6.45) is 1.92. The van der Waals surface area contributed by atoms with E-state index in [1.54, 1.807) is 0 Å². The first-order valence-electron chi connectivity index (χ1n) is 12.9. The van der Waals surface area contributed by atoms with Crippen LogP contribution in [-0.2, 0) is 14.6 Å². The van der Waals surface area contributed by atoms with Crippen LogP contribution in [0.2, 0.25) is 0 Å². The molecule has 0 saturated heterocycles. The number of halogens is 3. The number of carbonyl (C=O) groups excluding carboxylic acids is 2. The van der Waals surface area contributed by atoms with Gasteiger partial charge in [0.25, 0.3) is 5.91 Å². The number of hydrogen-bond acceptors (Lipinski definition) is 6. The molecule has 3 unspecified atom stereocenters. The first-order chi connectivity index (χ1) is 18.4. The van der Waals surface area contributed by atoms with Gasteiger partial charge in [-0.1, -0.05) is 6.07 Å². The second-order valence-corrected chi connectivity index (χ2v) is 13.1. The number of hydrogen-bond donors (Lipinski definition) is 4. The highest BCUT2D eigenvalue weighted by Crippen LogP contribution is 2.53. The molecule has 2 aromatic carbocycles. The third-order valence-electron chi connectivity index (χ3n) is 8.40. The van der Waals surface area contributed by atoms with Gasteiger partial charge in [0, 0.05) is 29.4 Å². The number of aliphatic hydroxyl groups excluding tert-OH is 1. The molecule has 39 heavy (non-hydrogen) atoms. The minimum absolute atomic E-state index is 0.0747. The number of anilines is 1. The fourth-order valence-electron chi connectivity index (χ4n) is 6.23. The fraction of sp³-hybridized carbons (Fsp3) is 0.481. The molecule has 210 valence electrons. The lowest BCUT2D eigenvalue weighted by Gasteiger charge is -2.42. The van der Waals surface area contributed by atoms with Crippen molar-refractivity contribution in [2.75, 3.05) is 5.32 Å². The minimum Gasteiger partial charge on any atom is -0.393 e. The molecule has 2 amide bonds. The van der Waals surface area contributed by atoms with Gasteiger partial charge in [-0.3, -0.25) is 9.59 Å². The van der Waals surface area contributed by atoms with Crippen LogP contribution < -0.4 is 10.6 Å². The average Bonchev–Trinajstić information content (AvgIpc) is 3.02.